The van der Waals surface area contributed by atoms with Crippen molar-refractivity contribution < 1.29 is 9.21 Å². The van der Waals surface area contributed by atoms with Crippen molar-refractivity contribution in [1.29, 1.82) is 0 Å². The molecule has 4 heteroatoms. The van der Waals surface area contributed by atoms with E-state index in [1.54, 1.807) is 12.1 Å². The Balaban J connectivity index is 1.68. The molecule has 0 aliphatic carbocycles. The molecule has 0 fully saturated rings. The zero-order chi connectivity index (χ0) is 16.9. The van der Waals surface area contributed by atoms with Crippen molar-refractivity contribution in [3.8, 4) is 11.3 Å². The van der Waals surface area contributed by atoms with Gasteiger partial charge in [0.05, 0.1) is 5.02 Å². The van der Waals surface area contributed by atoms with Gasteiger partial charge in [0.1, 0.15) is 11.5 Å². The molecule has 1 N–H and O–H groups in total. The molecule has 1 aromatic heterocycles. The standard InChI is InChI=1S/C20H16ClNO2/c1-14-6-8-15(9-7-14)22-20(23)13-11-16-10-12-19(24-16)17-4-2-3-5-18(17)21/h2-13H,1H3,(H,22,23). The number of aryl methyl sites for hydroxylation is 1. The van der Waals surface area contributed by atoms with E-state index in [1.807, 2.05) is 61.5 Å². The Morgan fingerprint density at radius 3 is 2.54 bits per heavy atom. The highest BCUT2D eigenvalue weighted by Gasteiger charge is 2.07. The van der Waals surface area contributed by atoms with Crippen LogP contribution in [-0.4, -0.2) is 5.91 Å². The SMILES string of the molecule is Cc1ccc(NC(=O)C=Cc2ccc(-c3ccccc3Cl)o2)cc1. The summed E-state index contributed by atoms with van der Waals surface area (Å²) in [5.41, 5.74) is 2.72. The molecule has 3 rings (SSSR count). The molecule has 3 aromatic rings. The molecule has 1 amide bonds. The second kappa shape index (κ2) is 7.20. The maximum absolute atomic E-state index is 11.9. The summed E-state index contributed by atoms with van der Waals surface area (Å²) in [6.45, 7) is 2.00. The molecule has 0 bridgehead atoms. The van der Waals surface area contributed by atoms with Crippen molar-refractivity contribution in [3.05, 3.63) is 83.1 Å². The van der Waals surface area contributed by atoms with E-state index < -0.39 is 0 Å². The number of halogens is 1. The molecule has 0 spiro atoms. The summed E-state index contributed by atoms with van der Waals surface area (Å²) < 4.78 is 5.72. The molecule has 3 nitrogen and oxygen atoms in total. The Kier molecular flexibility index (Phi) is 4.82. The van der Waals surface area contributed by atoms with Crippen LogP contribution in [-0.2, 0) is 4.79 Å². The second-order valence-electron chi connectivity index (χ2n) is 5.37. The van der Waals surface area contributed by atoms with Crippen LogP contribution in [0.1, 0.15) is 11.3 Å². The number of hydrogen-bond donors (Lipinski definition) is 1. The number of nitrogens with one attached hydrogen (secondary N) is 1. The van der Waals surface area contributed by atoms with Crippen molar-refractivity contribution in [2.45, 2.75) is 6.92 Å². The van der Waals surface area contributed by atoms with Crippen molar-refractivity contribution in [1.82, 2.24) is 0 Å². The number of rotatable bonds is 4. The molecule has 0 saturated heterocycles. The van der Waals surface area contributed by atoms with Gasteiger partial charge in [-0.25, -0.2) is 0 Å². The summed E-state index contributed by atoms with van der Waals surface area (Å²) >= 11 is 6.15. The van der Waals surface area contributed by atoms with Gasteiger partial charge in [-0.05, 0) is 49.4 Å². The average Bonchev–Trinajstić information content (AvgIpc) is 3.04. The van der Waals surface area contributed by atoms with Crippen LogP contribution >= 0.6 is 11.6 Å². The zero-order valence-corrected chi connectivity index (χ0v) is 13.9. The van der Waals surface area contributed by atoms with Crippen LogP contribution in [0.15, 0.2) is 71.2 Å². The second-order valence-corrected chi connectivity index (χ2v) is 5.78. The summed E-state index contributed by atoms with van der Waals surface area (Å²) in [4.78, 5) is 11.9. The molecular weight excluding hydrogens is 322 g/mol. The van der Waals surface area contributed by atoms with Crippen LogP contribution in [0.3, 0.4) is 0 Å². The monoisotopic (exact) mass is 337 g/mol. The topological polar surface area (TPSA) is 42.2 Å². The van der Waals surface area contributed by atoms with Gasteiger partial charge in [-0.2, -0.15) is 0 Å². The third kappa shape index (κ3) is 3.94. The van der Waals surface area contributed by atoms with Gasteiger partial charge < -0.3 is 9.73 Å². The minimum absolute atomic E-state index is 0.213. The third-order valence-electron chi connectivity index (χ3n) is 3.48. The van der Waals surface area contributed by atoms with Crippen LogP contribution in [0.25, 0.3) is 17.4 Å². The van der Waals surface area contributed by atoms with Crippen LogP contribution in [0.5, 0.6) is 0 Å². The molecule has 0 aliphatic rings. The largest absolute Gasteiger partial charge is 0.457 e. The van der Waals surface area contributed by atoms with Gasteiger partial charge in [0.15, 0.2) is 0 Å². The van der Waals surface area contributed by atoms with E-state index >= 15 is 0 Å². The number of carbonyl (C=O) groups is 1. The Labute approximate surface area is 145 Å². The maximum atomic E-state index is 11.9. The Morgan fingerprint density at radius 1 is 1.04 bits per heavy atom. The molecule has 0 aliphatic heterocycles. The average molecular weight is 338 g/mol. The van der Waals surface area contributed by atoms with E-state index in [9.17, 15) is 4.79 Å². The molecule has 0 unspecified atom stereocenters. The number of amides is 1. The number of hydrogen-bond acceptors (Lipinski definition) is 2. The normalized spacial score (nSPS) is 10.9. The highest BCUT2D eigenvalue weighted by molar-refractivity contribution is 6.33. The first-order valence-corrected chi connectivity index (χ1v) is 7.90. The Hall–Kier alpha value is -2.78. The van der Waals surface area contributed by atoms with Gasteiger partial charge in [-0.3, -0.25) is 4.79 Å². The van der Waals surface area contributed by atoms with Gasteiger partial charge in [-0.15, -0.1) is 0 Å². The summed E-state index contributed by atoms with van der Waals surface area (Å²) in [7, 11) is 0. The van der Waals surface area contributed by atoms with Crippen molar-refractivity contribution in [2.24, 2.45) is 0 Å². The predicted octanol–water partition coefficient (Wildman–Crippen LogP) is 5.56. The number of benzene rings is 2. The molecule has 0 saturated carbocycles. The van der Waals surface area contributed by atoms with Gasteiger partial charge in [-0.1, -0.05) is 41.4 Å². The van der Waals surface area contributed by atoms with Crippen molar-refractivity contribution in [2.75, 3.05) is 5.32 Å². The summed E-state index contributed by atoms with van der Waals surface area (Å²) in [5, 5.41) is 3.42. The zero-order valence-electron chi connectivity index (χ0n) is 13.1. The van der Waals surface area contributed by atoms with Crippen LogP contribution in [0, 0.1) is 6.92 Å². The highest BCUT2D eigenvalue weighted by Crippen LogP contribution is 2.29. The van der Waals surface area contributed by atoms with Crippen LogP contribution in [0.4, 0.5) is 5.69 Å². The molecule has 1 heterocycles. The van der Waals surface area contributed by atoms with Gasteiger partial charge in [0.25, 0.3) is 0 Å². The molecular formula is C20H16ClNO2. The van der Waals surface area contributed by atoms with E-state index in [0.29, 0.717) is 16.5 Å². The molecule has 0 atom stereocenters. The lowest BCUT2D eigenvalue weighted by Gasteiger charge is -2.01. The summed E-state index contributed by atoms with van der Waals surface area (Å²) in [6, 6.07) is 18.7. The van der Waals surface area contributed by atoms with E-state index in [1.165, 1.54) is 6.08 Å². The number of carbonyl (C=O) groups excluding carboxylic acids is 1. The Bertz CT molecular complexity index is 879. The fourth-order valence-corrected chi connectivity index (χ4v) is 2.46. The molecule has 0 radical (unpaired) electrons. The minimum Gasteiger partial charge on any atom is -0.457 e. The predicted molar refractivity (Wildman–Crippen MR) is 98.0 cm³/mol. The van der Waals surface area contributed by atoms with Gasteiger partial charge in [0.2, 0.25) is 5.91 Å². The first kappa shape index (κ1) is 16.1. The highest BCUT2D eigenvalue weighted by atomic mass is 35.5. The molecule has 24 heavy (non-hydrogen) atoms. The first-order valence-electron chi connectivity index (χ1n) is 7.52. The van der Waals surface area contributed by atoms with E-state index in [0.717, 1.165) is 16.8 Å². The van der Waals surface area contributed by atoms with Crippen LogP contribution < -0.4 is 5.32 Å². The van der Waals surface area contributed by atoms with Crippen molar-refractivity contribution >= 4 is 29.3 Å². The van der Waals surface area contributed by atoms with Gasteiger partial charge >= 0.3 is 0 Å². The fraction of sp³-hybridized carbons (Fsp3) is 0.0500. The van der Waals surface area contributed by atoms with E-state index in [2.05, 4.69) is 5.32 Å². The molecule has 120 valence electrons. The summed E-state index contributed by atoms with van der Waals surface area (Å²) in [6.07, 6.45) is 3.07. The van der Waals surface area contributed by atoms with Crippen molar-refractivity contribution in [3.63, 3.8) is 0 Å². The number of furan rings is 1. The quantitative estimate of drug-likeness (QED) is 0.633. The maximum Gasteiger partial charge on any atom is 0.248 e. The van der Waals surface area contributed by atoms with Crippen LogP contribution in [0.2, 0.25) is 5.02 Å². The Morgan fingerprint density at radius 2 is 1.79 bits per heavy atom. The summed E-state index contributed by atoms with van der Waals surface area (Å²) in [5.74, 6) is 1.04. The lowest BCUT2D eigenvalue weighted by Crippen LogP contribution is -2.07. The van der Waals surface area contributed by atoms with E-state index in [-0.39, 0.29) is 5.91 Å². The first-order chi connectivity index (χ1) is 11.6. The smallest absolute Gasteiger partial charge is 0.248 e. The van der Waals surface area contributed by atoms with E-state index in [4.69, 9.17) is 16.0 Å². The number of anilines is 1. The lowest BCUT2D eigenvalue weighted by molar-refractivity contribution is -0.111. The van der Waals surface area contributed by atoms with Gasteiger partial charge in [0, 0.05) is 17.3 Å². The molecule has 2 aromatic carbocycles. The minimum atomic E-state index is -0.213. The third-order valence-corrected chi connectivity index (χ3v) is 3.81. The lowest BCUT2D eigenvalue weighted by atomic mass is 10.2. The fourth-order valence-electron chi connectivity index (χ4n) is 2.23.